The van der Waals surface area contributed by atoms with Crippen LogP contribution in [0.3, 0.4) is 0 Å². The molecule has 1 aliphatic rings. The summed E-state index contributed by atoms with van der Waals surface area (Å²) in [6.07, 6.45) is 3.58. The summed E-state index contributed by atoms with van der Waals surface area (Å²) >= 11 is 5.87. The Balaban J connectivity index is 1.47. The van der Waals surface area contributed by atoms with Crippen molar-refractivity contribution in [2.75, 3.05) is 18.4 Å². The number of halogens is 1. The smallest absolute Gasteiger partial charge is 0.291 e. The fraction of sp³-hybridized carbons (Fsp3) is 0.261. The number of nitrogens with zero attached hydrogens (tertiary/aromatic N) is 2. The van der Waals surface area contributed by atoms with Crippen LogP contribution >= 0.6 is 11.6 Å². The number of hydrogen-bond donors (Lipinski definition) is 1. The topological polar surface area (TPSA) is 97.8 Å². The van der Waals surface area contributed by atoms with Crippen molar-refractivity contribution in [1.82, 2.24) is 4.90 Å². The number of ether oxygens (including phenoxy) is 1. The number of non-ortho nitro benzene ring substituents is 1. The molecule has 1 amide bonds. The van der Waals surface area contributed by atoms with Crippen LogP contribution in [0.4, 0.5) is 11.4 Å². The van der Waals surface area contributed by atoms with Crippen LogP contribution in [0, 0.1) is 10.1 Å². The zero-order valence-electron chi connectivity index (χ0n) is 17.3. The molecule has 0 unspecified atom stereocenters. The molecular formula is C23H22ClN3O5. The lowest BCUT2D eigenvalue weighted by atomic mass is 10.1. The van der Waals surface area contributed by atoms with E-state index in [-0.39, 0.29) is 22.9 Å². The molecule has 4 rings (SSSR count). The first kappa shape index (κ1) is 21.9. The molecule has 0 saturated carbocycles. The highest BCUT2D eigenvalue weighted by molar-refractivity contribution is 6.30. The van der Waals surface area contributed by atoms with E-state index in [2.05, 4.69) is 10.2 Å². The Labute approximate surface area is 189 Å². The maximum absolute atomic E-state index is 12.7. The number of nitro groups is 1. The zero-order chi connectivity index (χ0) is 22.5. The third kappa shape index (κ3) is 5.66. The first-order chi connectivity index (χ1) is 15.5. The van der Waals surface area contributed by atoms with Gasteiger partial charge in [0.1, 0.15) is 17.3 Å². The monoisotopic (exact) mass is 455 g/mol. The summed E-state index contributed by atoms with van der Waals surface area (Å²) in [6.45, 7) is 2.70. The normalized spacial score (nSPS) is 14.2. The van der Waals surface area contributed by atoms with Crippen molar-refractivity contribution in [3.05, 3.63) is 81.3 Å². The minimum atomic E-state index is -0.548. The molecule has 2 heterocycles. The van der Waals surface area contributed by atoms with Crippen LogP contribution in [0.1, 0.15) is 35.6 Å². The lowest BCUT2D eigenvalue weighted by Crippen LogP contribution is -2.28. The second-order valence-electron chi connectivity index (χ2n) is 7.59. The molecule has 0 radical (unpaired) electrons. The van der Waals surface area contributed by atoms with Crippen LogP contribution in [0.25, 0.3) is 0 Å². The molecule has 0 aliphatic carbocycles. The second-order valence-corrected chi connectivity index (χ2v) is 8.02. The summed E-state index contributed by atoms with van der Waals surface area (Å²) in [6, 6.07) is 14.0. The van der Waals surface area contributed by atoms with Gasteiger partial charge >= 0.3 is 0 Å². The van der Waals surface area contributed by atoms with E-state index in [9.17, 15) is 14.9 Å². The Hall–Kier alpha value is -3.36. The molecule has 1 aromatic heterocycles. The summed E-state index contributed by atoms with van der Waals surface area (Å²) in [5.41, 5.74) is 0.0131. The van der Waals surface area contributed by atoms with Gasteiger partial charge in [-0.15, -0.1) is 0 Å². The molecular weight excluding hydrogens is 434 g/mol. The zero-order valence-corrected chi connectivity index (χ0v) is 18.0. The van der Waals surface area contributed by atoms with E-state index in [1.54, 1.807) is 36.4 Å². The highest BCUT2D eigenvalue weighted by Crippen LogP contribution is 2.30. The third-order valence-corrected chi connectivity index (χ3v) is 5.37. The van der Waals surface area contributed by atoms with Crippen LogP contribution in [-0.4, -0.2) is 28.8 Å². The summed E-state index contributed by atoms with van der Waals surface area (Å²) in [5, 5.41) is 14.5. The predicted molar refractivity (Wildman–Crippen MR) is 120 cm³/mol. The number of carbonyl (C=O) groups is 1. The van der Waals surface area contributed by atoms with Crippen molar-refractivity contribution >= 4 is 28.9 Å². The van der Waals surface area contributed by atoms with Gasteiger partial charge in [0.25, 0.3) is 11.6 Å². The Morgan fingerprint density at radius 2 is 1.81 bits per heavy atom. The predicted octanol–water partition coefficient (Wildman–Crippen LogP) is 5.87. The number of nitrogens with one attached hydrogen (secondary N) is 1. The number of likely N-dealkylation sites (tertiary alicyclic amines) is 1. The lowest BCUT2D eigenvalue weighted by Gasteiger charge is -2.25. The number of nitro benzene ring substituents is 1. The van der Waals surface area contributed by atoms with Crippen LogP contribution in [-0.2, 0) is 6.54 Å². The quantitative estimate of drug-likeness (QED) is 0.353. The molecule has 1 N–H and O–H groups in total. The molecule has 3 aromatic rings. The van der Waals surface area contributed by atoms with Gasteiger partial charge in [0, 0.05) is 17.2 Å². The Bertz CT molecular complexity index is 1110. The maximum atomic E-state index is 12.7. The van der Waals surface area contributed by atoms with E-state index in [1.807, 2.05) is 0 Å². The summed E-state index contributed by atoms with van der Waals surface area (Å²) in [7, 11) is 0. The van der Waals surface area contributed by atoms with Crippen molar-refractivity contribution in [3.8, 4) is 11.5 Å². The van der Waals surface area contributed by atoms with Crippen molar-refractivity contribution in [3.63, 3.8) is 0 Å². The average molecular weight is 456 g/mol. The van der Waals surface area contributed by atoms with Crippen LogP contribution in [0.2, 0.25) is 5.02 Å². The van der Waals surface area contributed by atoms with E-state index in [1.165, 1.54) is 37.5 Å². The van der Waals surface area contributed by atoms with Gasteiger partial charge in [-0.25, -0.2) is 0 Å². The van der Waals surface area contributed by atoms with Crippen molar-refractivity contribution in [2.24, 2.45) is 0 Å². The largest absolute Gasteiger partial charge is 0.457 e. The van der Waals surface area contributed by atoms with Gasteiger partial charge in [0.2, 0.25) is 0 Å². The molecule has 2 aromatic carbocycles. The number of amides is 1. The van der Waals surface area contributed by atoms with Crippen LogP contribution in [0.15, 0.2) is 59.0 Å². The van der Waals surface area contributed by atoms with Gasteiger partial charge in [-0.05, 0) is 62.3 Å². The Kier molecular flexibility index (Phi) is 6.72. The second kappa shape index (κ2) is 9.84. The van der Waals surface area contributed by atoms with Crippen molar-refractivity contribution < 1.29 is 18.9 Å². The third-order valence-electron chi connectivity index (χ3n) is 5.12. The fourth-order valence-corrected chi connectivity index (χ4v) is 3.70. The molecule has 0 bridgehead atoms. The molecule has 0 spiro atoms. The lowest BCUT2D eigenvalue weighted by molar-refractivity contribution is -0.384. The molecule has 166 valence electrons. The maximum Gasteiger partial charge on any atom is 0.291 e. The SMILES string of the molecule is O=C(Nc1cc(Oc2ccc(Cl)cc2)cc([N+](=O)[O-])c1)c1ccc(CN2CCCCC2)o1. The Morgan fingerprint density at radius 3 is 2.53 bits per heavy atom. The number of piperidine rings is 1. The highest BCUT2D eigenvalue weighted by atomic mass is 35.5. The molecule has 32 heavy (non-hydrogen) atoms. The first-order valence-electron chi connectivity index (χ1n) is 10.3. The molecule has 8 nitrogen and oxygen atoms in total. The van der Waals surface area contributed by atoms with Crippen LogP contribution < -0.4 is 10.1 Å². The minimum Gasteiger partial charge on any atom is -0.457 e. The van der Waals surface area contributed by atoms with Crippen molar-refractivity contribution in [2.45, 2.75) is 25.8 Å². The number of furan rings is 1. The number of anilines is 1. The van der Waals surface area contributed by atoms with Gasteiger partial charge in [-0.2, -0.15) is 0 Å². The summed E-state index contributed by atoms with van der Waals surface area (Å²) in [5.74, 6) is 1.03. The average Bonchev–Trinajstić information content (AvgIpc) is 3.24. The van der Waals surface area contributed by atoms with Gasteiger partial charge in [-0.1, -0.05) is 18.0 Å². The van der Waals surface area contributed by atoms with E-state index in [0.29, 0.717) is 23.1 Å². The molecule has 1 fully saturated rings. The number of carbonyl (C=O) groups excluding carboxylic acids is 1. The number of benzene rings is 2. The number of hydrogen-bond acceptors (Lipinski definition) is 6. The minimum absolute atomic E-state index is 0.142. The van der Waals surface area contributed by atoms with E-state index in [0.717, 1.165) is 13.1 Å². The summed E-state index contributed by atoms with van der Waals surface area (Å²) < 4.78 is 11.4. The molecule has 9 heteroatoms. The van der Waals surface area contributed by atoms with Gasteiger partial charge in [0.05, 0.1) is 23.2 Å². The van der Waals surface area contributed by atoms with Gasteiger partial charge < -0.3 is 14.5 Å². The molecule has 1 saturated heterocycles. The number of rotatable bonds is 7. The molecule has 0 atom stereocenters. The first-order valence-corrected chi connectivity index (χ1v) is 10.7. The summed E-state index contributed by atoms with van der Waals surface area (Å²) in [4.78, 5) is 25.8. The molecule has 1 aliphatic heterocycles. The van der Waals surface area contributed by atoms with Gasteiger partial charge in [0.15, 0.2) is 5.76 Å². The fourth-order valence-electron chi connectivity index (χ4n) is 3.57. The van der Waals surface area contributed by atoms with Gasteiger partial charge in [-0.3, -0.25) is 19.8 Å². The Morgan fingerprint density at radius 1 is 1.06 bits per heavy atom. The van der Waals surface area contributed by atoms with Crippen LogP contribution in [0.5, 0.6) is 11.5 Å². The van der Waals surface area contributed by atoms with Crippen molar-refractivity contribution in [1.29, 1.82) is 0 Å². The van der Waals surface area contributed by atoms with E-state index < -0.39 is 10.8 Å². The standard InChI is InChI=1S/C23H22ClN3O5/c24-16-4-6-19(7-5-16)31-21-13-17(12-18(14-21)27(29)30)25-23(28)22-9-8-20(32-22)15-26-10-2-1-3-11-26/h4-9,12-14H,1-3,10-11,15H2,(H,25,28). The van der Waals surface area contributed by atoms with E-state index in [4.69, 9.17) is 20.8 Å². The highest BCUT2D eigenvalue weighted by Gasteiger charge is 2.18. The van der Waals surface area contributed by atoms with E-state index >= 15 is 0 Å².